The van der Waals surface area contributed by atoms with Crippen LogP contribution < -0.4 is 11.1 Å². The highest BCUT2D eigenvalue weighted by Gasteiger charge is 2.09. The summed E-state index contributed by atoms with van der Waals surface area (Å²) in [6, 6.07) is -0.845. The fourth-order valence-corrected chi connectivity index (χ4v) is 0.871. The molecule has 0 aliphatic heterocycles. The van der Waals surface area contributed by atoms with Crippen LogP contribution in [0.2, 0.25) is 0 Å². The summed E-state index contributed by atoms with van der Waals surface area (Å²) < 4.78 is 0. The smallest absolute Gasteiger partial charge is 0.320 e. The second-order valence-electron chi connectivity index (χ2n) is 2.98. The summed E-state index contributed by atoms with van der Waals surface area (Å²) >= 11 is 0. The summed E-state index contributed by atoms with van der Waals surface area (Å²) in [6.07, 6.45) is 1.01. The molecule has 0 rings (SSSR count). The number of rotatable bonds is 8. The lowest BCUT2D eigenvalue weighted by atomic mass is 10.2. The maximum Gasteiger partial charge on any atom is 0.320 e. The van der Waals surface area contributed by atoms with Crippen molar-refractivity contribution in [3.8, 4) is 0 Å². The van der Waals surface area contributed by atoms with Gasteiger partial charge in [-0.15, -0.1) is 0 Å². The molecule has 0 heterocycles. The van der Waals surface area contributed by atoms with Crippen LogP contribution in [0.3, 0.4) is 0 Å². The van der Waals surface area contributed by atoms with Crippen molar-refractivity contribution < 1.29 is 19.8 Å². The molecule has 0 spiro atoms. The molecule has 14 heavy (non-hydrogen) atoms. The largest absolute Gasteiger partial charge is 0.481 e. The molecule has 0 amide bonds. The summed E-state index contributed by atoms with van der Waals surface area (Å²) in [5.41, 5.74) is 5.25. The molecule has 5 N–H and O–H groups in total. The zero-order chi connectivity index (χ0) is 11.0. The molecule has 1 atom stereocenters. The van der Waals surface area contributed by atoms with E-state index in [1.54, 1.807) is 0 Å². The summed E-state index contributed by atoms with van der Waals surface area (Å²) in [7, 11) is 0. The molecule has 0 aliphatic carbocycles. The summed E-state index contributed by atoms with van der Waals surface area (Å²) in [5, 5.41) is 19.7. The third-order valence-electron chi connectivity index (χ3n) is 1.69. The van der Waals surface area contributed by atoms with Gasteiger partial charge in [0.15, 0.2) is 0 Å². The maximum absolute atomic E-state index is 10.3. The molecule has 0 saturated carbocycles. The average molecular weight is 204 g/mol. The normalized spacial score (nSPS) is 12.4. The Morgan fingerprint density at radius 1 is 1.29 bits per heavy atom. The Hall–Kier alpha value is -1.14. The minimum atomic E-state index is -1.02. The van der Waals surface area contributed by atoms with Crippen LogP contribution in [0.4, 0.5) is 0 Å². The predicted octanol–water partition coefficient (Wildman–Crippen LogP) is -0.757. The Bertz CT molecular complexity index is 196. The minimum absolute atomic E-state index is 0.123. The van der Waals surface area contributed by atoms with Crippen LogP contribution in [0.1, 0.15) is 19.3 Å². The fraction of sp³-hybridized carbons (Fsp3) is 0.750. The second-order valence-corrected chi connectivity index (χ2v) is 2.98. The van der Waals surface area contributed by atoms with Crippen LogP contribution in [0, 0.1) is 0 Å². The number of nitrogens with two attached hydrogens (primary N) is 1. The van der Waals surface area contributed by atoms with Crippen LogP contribution in [0.25, 0.3) is 0 Å². The summed E-state index contributed by atoms with van der Waals surface area (Å²) in [5.74, 6) is -1.84. The standard InChI is InChI=1S/C8H16N2O4/c9-6(8(13)14)3-5-10-4-1-2-7(11)12/h6,10H,1-5,9H2,(H,11,12)(H,13,14). The number of aliphatic carboxylic acids is 2. The molecular weight excluding hydrogens is 188 g/mol. The zero-order valence-electron chi connectivity index (χ0n) is 7.90. The van der Waals surface area contributed by atoms with E-state index in [1.165, 1.54) is 0 Å². The molecule has 1 unspecified atom stereocenters. The Morgan fingerprint density at radius 2 is 1.93 bits per heavy atom. The molecule has 0 radical (unpaired) electrons. The van der Waals surface area contributed by atoms with Crippen molar-refractivity contribution in [3.05, 3.63) is 0 Å². The molecule has 0 bridgehead atoms. The van der Waals surface area contributed by atoms with E-state index in [2.05, 4.69) is 5.32 Å². The monoisotopic (exact) mass is 204 g/mol. The molecular formula is C8H16N2O4. The van der Waals surface area contributed by atoms with Gasteiger partial charge in [-0.25, -0.2) is 0 Å². The highest BCUT2D eigenvalue weighted by Crippen LogP contribution is 1.88. The van der Waals surface area contributed by atoms with E-state index in [1.807, 2.05) is 0 Å². The highest BCUT2D eigenvalue weighted by atomic mass is 16.4. The van der Waals surface area contributed by atoms with Gasteiger partial charge in [-0.2, -0.15) is 0 Å². The van der Waals surface area contributed by atoms with E-state index in [9.17, 15) is 9.59 Å². The lowest BCUT2D eigenvalue weighted by molar-refractivity contribution is -0.139. The van der Waals surface area contributed by atoms with Gasteiger partial charge in [-0.05, 0) is 25.9 Å². The van der Waals surface area contributed by atoms with Crippen LogP contribution in [-0.2, 0) is 9.59 Å². The van der Waals surface area contributed by atoms with Crippen molar-refractivity contribution in [2.75, 3.05) is 13.1 Å². The number of carboxylic acids is 2. The number of hydrogen-bond acceptors (Lipinski definition) is 4. The van der Waals surface area contributed by atoms with Gasteiger partial charge >= 0.3 is 11.9 Å². The first-order chi connectivity index (χ1) is 6.54. The van der Waals surface area contributed by atoms with E-state index < -0.39 is 18.0 Å². The lowest BCUT2D eigenvalue weighted by Crippen LogP contribution is -2.33. The third-order valence-corrected chi connectivity index (χ3v) is 1.69. The molecule has 0 aromatic rings. The van der Waals surface area contributed by atoms with Gasteiger partial charge in [0.2, 0.25) is 0 Å². The Balaban J connectivity index is 3.21. The van der Waals surface area contributed by atoms with Crippen molar-refractivity contribution in [2.45, 2.75) is 25.3 Å². The summed E-state index contributed by atoms with van der Waals surface area (Å²) in [6.45, 7) is 1.06. The fourth-order valence-electron chi connectivity index (χ4n) is 0.871. The van der Waals surface area contributed by atoms with Crippen LogP contribution >= 0.6 is 0 Å². The molecule has 6 heteroatoms. The number of hydrogen-bond donors (Lipinski definition) is 4. The van der Waals surface area contributed by atoms with Gasteiger partial charge in [0, 0.05) is 6.42 Å². The van der Waals surface area contributed by atoms with Crippen molar-refractivity contribution >= 4 is 11.9 Å². The van der Waals surface area contributed by atoms with Crippen molar-refractivity contribution in [2.24, 2.45) is 5.73 Å². The molecule has 0 fully saturated rings. The molecule has 6 nitrogen and oxygen atoms in total. The average Bonchev–Trinajstić information content (AvgIpc) is 2.09. The third kappa shape index (κ3) is 7.51. The van der Waals surface area contributed by atoms with Gasteiger partial charge < -0.3 is 21.3 Å². The van der Waals surface area contributed by atoms with Gasteiger partial charge in [0.25, 0.3) is 0 Å². The minimum Gasteiger partial charge on any atom is -0.481 e. The Labute approximate surface area is 82.1 Å². The van der Waals surface area contributed by atoms with E-state index in [-0.39, 0.29) is 6.42 Å². The van der Waals surface area contributed by atoms with Gasteiger partial charge in [-0.3, -0.25) is 9.59 Å². The van der Waals surface area contributed by atoms with E-state index in [4.69, 9.17) is 15.9 Å². The zero-order valence-corrected chi connectivity index (χ0v) is 7.90. The number of carbonyl (C=O) groups is 2. The van der Waals surface area contributed by atoms with E-state index >= 15 is 0 Å². The number of carboxylic acid groups (broad SMARTS) is 2. The van der Waals surface area contributed by atoms with Crippen LogP contribution in [-0.4, -0.2) is 41.3 Å². The Kier molecular flexibility index (Phi) is 6.69. The first-order valence-electron chi connectivity index (χ1n) is 4.45. The van der Waals surface area contributed by atoms with Crippen molar-refractivity contribution in [1.29, 1.82) is 0 Å². The molecule has 82 valence electrons. The lowest BCUT2D eigenvalue weighted by Gasteiger charge is -2.06. The number of nitrogens with one attached hydrogen (secondary N) is 1. The van der Waals surface area contributed by atoms with Crippen LogP contribution in [0.15, 0.2) is 0 Å². The first kappa shape index (κ1) is 12.9. The SMILES string of the molecule is NC(CCNCCCC(=O)O)C(=O)O. The molecule has 0 aliphatic rings. The second kappa shape index (κ2) is 7.28. The van der Waals surface area contributed by atoms with Crippen LogP contribution in [0.5, 0.6) is 0 Å². The summed E-state index contributed by atoms with van der Waals surface area (Å²) in [4.78, 5) is 20.4. The van der Waals surface area contributed by atoms with Crippen molar-refractivity contribution in [1.82, 2.24) is 5.32 Å². The Morgan fingerprint density at radius 3 is 2.43 bits per heavy atom. The molecule has 0 aromatic carbocycles. The van der Waals surface area contributed by atoms with E-state index in [0.717, 1.165) is 0 Å². The van der Waals surface area contributed by atoms with Gasteiger partial charge in [0.1, 0.15) is 6.04 Å². The topological polar surface area (TPSA) is 113 Å². The van der Waals surface area contributed by atoms with E-state index in [0.29, 0.717) is 25.9 Å². The highest BCUT2D eigenvalue weighted by molar-refractivity contribution is 5.72. The van der Waals surface area contributed by atoms with Gasteiger partial charge in [-0.1, -0.05) is 0 Å². The van der Waals surface area contributed by atoms with Gasteiger partial charge in [0.05, 0.1) is 0 Å². The quantitative estimate of drug-likeness (QED) is 0.387. The molecule has 0 saturated heterocycles. The molecule has 0 aromatic heterocycles. The maximum atomic E-state index is 10.3. The predicted molar refractivity (Wildman–Crippen MR) is 50.0 cm³/mol. The van der Waals surface area contributed by atoms with Crippen molar-refractivity contribution in [3.63, 3.8) is 0 Å². The first-order valence-corrected chi connectivity index (χ1v) is 4.45.